The van der Waals surface area contributed by atoms with Crippen molar-refractivity contribution in [2.24, 2.45) is 53.1 Å². The van der Waals surface area contributed by atoms with E-state index in [9.17, 15) is 66.3 Å². The van der Waals surface area contributed by atoms with Gasteiger partial charge in [-0.15, -0.1) is 23.5 Å². The van der Waals surface area contributed by atoms with Crippen molar-refractivity contribution in [2.45, 2.75) is 205 Å². The van der Waals surface area contributed by atoms with Gasteiger partial charge in [-0.05, 0) is 91.2 Å². The van der Waals surface area contributed by atoms with Crippen LogP contribution >= 0.6 is 35.3 Å². The van der Waals surface area contributed by atoms with Crippen LogP contribution in [0.4, 0.5) is 15.3 Å². The first-order valence-electron chi connectivity index (χ1n) is 36.3. The standard InChI is InChI=1S/C74H113N9O17S4/c1-16-45(8)63(59(98-13)38-60(87)81-31-21-25-54(81)65(99-14)47(10)56(84)34-46(9)64(88)49-22-18-17-19-23-49)79(11)70(91)53(42(2)3)37-58(86)62(44(6)7)80(12)74(95)100-40-48-26-28-51(29-27-48)77-68(89)50(24-20-30-76-73(75)94)35-57(85)61(43(4)5)78-69(90)55-36-52(39-82(55)104(96,97)33-32-101-15)83-71(92)66-67(72(83)93)103-41-102-66/h17-19,22-23,26-29,42-47,50,52-55,59,61-67,88H,16,20-21,24-25,30-41H2,1-15H3,(H,77,89)(H,78,90)(H3,75,76,94)/t45?,46-,47-,50+,52-,53-,54-,55-,59?,61-,62-,63-,64+,65+,66?,67?/m0/s1. The average Bonchev–Trinajstić information content (AvgIpc) is 1.60. The summed E-state index contributed by atoms with van der Waals surface area (Å²) in [5.41, 5.74) is 6.88. The molecule has 26 nitrogen and oxygen atoms in total. The van der Waals surface area contributed by atoms with Gasteiger partial charge in [0.15, 0.2) is 11.6 Å². The maximum Gasteiger partial charge on any atom is 0.410 e. The van der Waals surface area contributed by atoms with Gasteiger partial charge in [-0.2, -0.15) is 16.1 Å². The lowest BCUT2D eigenvalue weighted by Crippen LogP contribution is -2.54. The number of imide groups is 1. The van der Waals surface area contributed by atoms with Crippen molar-refractivity contribution in [3.8, 4) is 0 Å². The lowest BCUT2D eigenvalue weighted by molar-refractivity contribution is -0.149. The lowest BCUT2D eigenvalue weighted by Gasteiger charge is -2.41. The summed E-state index contributed by atoms with van der Waals surface area (Å²) in [6.45, 7) is 18.4. The number of urea groups is 1. The number of benzene rings is 2. The third-order valence-corrected chi connectivity index (χ3v) is 26.7. The van der Waals surface area contributed by atoms with Gasteiger partial charge >= 0.3 is 12.1 Å². The summed E-state index contributed by atoms with van der Waals surface area (Å²) in [6, 6.07) is 9.38. The van der Waals surface area contributed by atoms with Crippen molar-refractivity contribution in [3.05, 3.63) is 65.7 Å². The molecule has 2 aromatic rings. The molecule has 0 radical (unpaired) electrons. The molecule has 4 aliphatic rings. The molecule has 4 fully saturated rings. The first-order valence-corrected chi connectivity index (χ1v) is 41.4. The Morgan fingerprint density at radius 3 is 2.00 bits per heavy atom. The minimum absolute atomic E-state index is 0.0684. The fraction of sp³-hybridized carbons (Fsp3) is 0.689. The van der Waals surface area contributed by atoms with Gasteiger partial charge in [-0.1, -0.05) is 118 Å². The Morgan fingerprint density at radius 1 is 0.788 bits per heavy atom. The number of ether oxygens (including phenoxy) is 3. The molecule has 4 unspecified atom stereocenters. The molecular formula is C74H113N9O17S4. The maximum absolute atomic E-state index is 14.9. The molecule has 104 heavy (non-hydrogen) atoms. The van der Waals surface area contributed by atoms with Gasteiger partial charge in [0, 0.05) is 101 Å². The Morgan fingerprint density at radius 2 is 1.43 bits per heavy atom. The monoisotopic (exact) mass is 1530 g/mol. The topological polar surface area (TPSA) is 348 Å². The molecule has 580 valence electrons. The largest absolute Gasteiger partial charge is 0.445 e. The van der Waals surface area contributed by atoms with Crippen LogP contribution in [0.3, 0.4) is 0 Å². The Kier molecular flexibility index (Phi) is 33.5. The highest BCUT2D eigenvalue weighted by atomic mass is 32.2. The maximum atomic E-state index is 14.9. The zero-order valence-corrected chi connectivity index (χ0v) is 66.4. The third-order valence-electron chi connectivity index (χ3n) is 21.0. The zero-order chi connectivity index (χ0) is 77.2. The van der Waals surface area contributed by atoms with Gasteiger partial charge < -0.3 is 55.7 Å². The summed E-state index contributed by atoms with van der Waals surface area (Å²) < 4.78 is 46.6. The lowest BCUT2D eigenvalue weighted by atomic mass is 9.83. The molecule has 0 saturated carbocycles. The Bertz CT molecular complexity index is 3390. The normalized spacial score (nSPS) is 21.7. The van der Waals surface area contributed by atoms with Crippen molar-refractivity contribution in [2.75, 3.05) is 76.1 Å². The second-order valence-electron chi connectivity index (χ2n) is 29.3. The van der Waals surface area contributed by atoms with Crippen molar-refractivity contribution in [3.63, 3.8) is 0 Å². The number of sulfonamides is 1. The molecule has 9 amide bonds. The first-order chi connectivity index (χ1) is 49.1. The molecule has 4 heterocycles. The second-order valence-corrected chi connectivity index (χ2v) is 35.0. The van der Waals surface area contributed by atoms with E-state index in [1.807, 2.05) is 71.9 Å². The number of aliphatic hydroxyl groups excluding tert-OH is 1. The average molecular weight is 1530 g/mol. The summed E-state index contributed by atoms with van der Waals surface area (Å²) in [6.07, 6.45) is 0.324. The minimum atomic E-state index is -4.09. The highest BCUT2D eigenvalue weighted by molar-refractivity contribution is 8.20. The van der Waals surface area contributed by atoms with Crippen LogP contribution in [0.5, 0.6) is 0 Å². The number of fused-ring (bicyclic) bond motifs is 1. The van der Waals surface area contributed by atoms with Crippen LogP contribution in [0.25, 0.3) is 0 Å². The number of anilines is 1. The molecule has 0 bridgehead atoms. The SMILES string of the molecule is CCC(C)[C@@H](C(CC(=O)N1CCC[C@H]1[C@H](OC)[C@@H](C)C(=O)C[C@H](C)[C@@H](O)c1ccccc1)OC)N(C)C(=O)[C@@H](CC(=O)[C@H](C(C)C)N(C)C(=O)OCc1ccc(NC(=O)[C@H](CCCNC(N)=O)CC(=O)[C@@H](NC(=O)[C@@H]2C[C@H](N3C(=O)C4SCSC4C3=O)CN2S(=O)(=O)CCSC)C(C)C)cc1)C(C)C. The Balaban J connectivity index is 1.07. The highest BCUT2D eigenvalue weighted by Gasteiger charge is 2.57. The fourth-order valence-electron chi connectivity index (χ4n) is 14.9. The Labute approximate surface area is 627 Å². The van der Waals surface area contributed by atoms with Gasteiger partial charge in [0.1, 0.15) is 28.9 Å². The molecule has 0 aromatic heterocycles. The highest BCUT2D eigenvalue weighted by Crippen LogP contribution is 2.45. The zero-order valence-electron chi connectivity index (χ0n) is 63.1. The smallest absolute Gasteiger partial charge is 0.410 e. The molecule has 4 aliphatic heterocycles. The van der Waals surface area contributed by atoms with E-state index in [1.165, 1.54) is 54.3 Å². The van der Waals surface area contributed by atoms with E-state index in [0.717, 1.165) is 14.8 Å². The summed E-state index contributed by atoms with van der Waals surface area (Å²) in [5.74, 6) is -7.93. The van der Waals surface area contributed by atoms with Crippen LogP contribution < -0.4 is 21.7 Å². The number of carbonyl (C=O) groups is 11. The van der Waals surface area contributed by atoms with Crippen molar-refractivity contribution in [1.29, 1.82) is 0 Å². The molecule has 4 saturated heterocycles. The number of Topliss-reactive ketones (excluding diaryl/α,β-unsaturated/α-hetero) is 3. The van der Waals surface area contributed by atoms with E-state index in [1.54, 1.807) is 82.2 Å². The van der Waals surface area contributed by atoms with Crippen molar-refractivity contribution >= 4 is 116 Å². The van der Waals surface area contributed by atoms with E-state index < -0.39 is 146 Å². The van der Waals surface area contributed by atoms with Crippen molar-refractivity contribution < 1.29 is 80.5 Å². The van der Waals surface area contributed by atoms with Crippen LogP contribution in [0.2, 0.25) is 0 Å². The minimum Gasteiger partial charge on any atom is -0.445 e. The van der Waals surface area contributed by atoms with Crippen LogP contribution in [-0.2, 0) is 74.0 Å². The predicted molar refractivity (Wildman–Crippen MR) is 403 cm³/mol. The molecule has 6 N–H and O–H groups in total. The second kappa shape index (κ2) is 40.2. The molecule has 16 atom stereocenters. The van der Waals surface area contributed by atoms with E-state index in [2.05, 4.69) is 16.0 Å². The van der Waals surface area contributed by atoms with E-state index in [0.29, 0.717) is 42.1 Å². The van der Waals surface area contributed by atoms with Gasteiger partial charge in [-0.25, -0.2) is 18.0 Å². The molecule has 0 spiro atoms. The number of ketones is 3. The molecule has 0 aliphatic carbocycles. The quantitative estimate of drug-likeness (QED) is 0.0317. The van der Waals surface area contributed by atoms with Crippen LogP contribution in [0, 0.1) is 47.3 Å². The number of hydrogen-bond donors (Lipinski definition) is 5. The van der Waals surface area contributed by atoms with E-state index >= 15 is 0 Å². The number of methoxy groups -OCH3 is 2. The number of thioether (sulfide) groups is 3. The van der Waals surface area contributed by atoms with Crippen LogP contribution in [0.15, 0.2) is 54.6 Å². The molecule has 6 rings (SSSR count). The van der Waals surface area contributed by atoms with Crippen molar-refractivity contribution in [1.82, 2.24) is 34.5 Å². The van der Waals surface area contributed by atoms with Gasteiger partial charge in [0.05, 0.1) is 60.7 Å². The number of likely N-dealkylation sites (N-methyl/N-ethyl adjacent to an activating group) is 2. The number of amides is 9. The van der Waals surface area contributed by atoms with Crippen LogP contribution in [-0.4, -0.2) is 232 Å². The molecular weight excluding hydrogens is 1420 g/mol. The number of aliphatic hydroxyl groups is 1. The first kappa shape index (κ1) is 86.8. The number of hydrogen-bond acceptors (Lipinski definition) is 20. The van der Waals surface area contributed by atoms with Gasteiger partial charge in [0.2, 0.25) is 45.5 Å². The number of rotatable bonds is 41. The molecule has 2 aromatic carbocycles. The third kappa shape index (κ3) is 22.3. The summed E-state index contributed by atoms with van der Waals surface area (Å²) in [5, 5.41) is 18.6. The summed E-state index contributed by atoms with van der Waals surface area (Å²) >= 11 is 4.01. The number of nitrogens with two attached hydrogens (primary N) is 1. The number of likely N-dealkylation sites (tertiary alicyclic amines) is 2. The summed E-state index contributed by atoms with van der Waals surface area (Å²) in [7, 11) is 2.11. The summed E-state index contributed by atoms with van der Waals surface area (Å²) in [4.78, 5) is 159. The van der Waals surface area contributed by atoms with E-state index in [4.69, 9.17) is 19.9 Å². The molecule has 30 heteroatoms. The number of nitrogens with one attached hydrogen (secondary N) is 3. The van der Waals surface area contributed by atoms with Gasteiger partial charge in [-0.3, -0.25) is 48.1 Å². The number of nitrogens with zero attached hydrogens (tertiary/aromatic N) is 5. The predicted octanol–water partition coefficient (Wildman–Crippen LogP) is 7.54. The Hall–Kier alpha value is -6.15. The number of primary amides is 1. The van der Waals surface area contributed by atoms with Crippen LogP contribution in [0.1, 0.15) is 151 Å². The van der Waals surface area contributed by atoms with Gasteiger partial charge in [0.25, 0.3) is 0 Å². The van der Waals surface area contributed by atoms with E-state index in [-0.39, 0.29) is 117 Å². The number of carbonyl (C=O) groups excluding carboxylic acids is 11. The fourth-order valence-corrected chi connectivity index (χ4v) is 20.7.